The van der Waals surface area contributed by atoms with E-state index < -0.39 is 0 Å². The molecule has 1 aliphatic rings. The van der Waals surface area contributed by atoms with Crippen LogP contribution in [0.4, 0.5) is 0 Å². The van der Waals surface area contributed by atoms with E-state index in [1.165, 1.54) is 12.8 Å². The first-order chi connectivity index (χ1) is 5.45. The predicted molar refractivity (Wildman–Crippen MR) is 41.2 cm³/mol. The second kappa shape index (κ2) is 3.05. The summed E-state index contributed by atoms with van der Waals surface area (Å²) in [6, 6.07) is 2.56. The fourth-order valence-electron chi connectivity index (χ4n) is 1.53. The van der Waals surface area contributed by atoms with Crippen molar-refractivity contribution in [2.75, 3.05) is 6.54 Å². The Morgan fingerprint density at radius 3 is 3.36 bits per heavy atom. The second-order valence-corrected chi connectivity index (χ2v) is 2.99. The number of rotatable bonds is 2. The predicted octanol–water partition coefficient (Wildman–Crippen LogP) is 0.969. The fraction of sp³-hybridized carbons (Fsp3) is 0.625. The molecule has 11 heavy (non-hydrogen) atoms. The lowest BCUT2D eigenvalue weighted by Gasteiger charge is -2.05. The molecule has 0 aliphatic carbocycles. The molecule has 1 aliphatic heterocycles. The molecule has 0 radical (unpaired) electrons. The molecule has 3 nitrogen and oxygen atoms in total. The minimum atomic E-state index is 0.625. The van der Waals surface area contributed by atoms with Crippen molar-refractivity contribution in [1.82, 2.24) is 10.5 Å². The molecule has 1 N–H and O–H groups in total. The van der Waals surface area contributed by atoms with Crippen molar-refractivity contribution in [1.29, 1.82) is 0 Å². The van der Waals surface area contributed by atoms with Gasteiger partial charge < -0.3 is 9.84 Å². The van der Waals surface area contributed by atoms with Crippen molar-refractivity contribution in [2.24, 2.45) is 0 Å². The fourth-order valence-corrected chi connectivity index (χ4v) is 1.53. The Bertz CT molecular complexity index is 202. The zero-order valence-corrected chi connectivity index (χ0v) is 6.42. The molecule has 0 bridgehead atoms. The quantitative estimate of drug-likeness (QED) is 0.686. The number of hydrogen-bond donors (Lipinski definition) is 1. The average Bonchev–Trinajstić information content (AvgIpc) is 2.60. The van der Waals surface area contributed by atoms with Crippen LogP contribution in [-0.2, 0) is 6.42 Å². The molecule has 1 saturated heterocycles. The number of hydrogen-bond acceptors (Lipinski definition) is 3. The van der Waals surface area contributed by atoms with Crippen LogP contribution in [0.2, 0.25) is 0 Å². The molecular weight excluding hydrogens is 140 g/mol. The van der Waals surface area contributed by atoms with Gasteiger partial charge in [0, 0.05) is 18.5 Å². The van der Waals surface area contributed by atoms with E-state index in [1.807, 2.05) is 6.07 Å². The van der Waals surface area contributed by atoms with Crippen molar-refractivity contribution < 1.29 is 4.52 Å². The molecule has 0 spiro atoms. The van der Waals surface area contributed by atoms with Crippen LogP contribution in [0.3, 0.4) is 0 Å². The third-order valence-corrected chi connectivity index (χ3v) is 2.11. The highest BCUT2D eigenvalue weighted by Crippen LogP contribution is 2.09. The van der Waals surface area contributed by atoms with E-state index in [2.05, 4.69) is 10.5 Å². The molecule has 1 fully saturated rings. The molecule has 2 rings (SSSR count). The van der Waals surface area contributed by atoms with Crippen LogP contribution >= 0.6 is 0 Å². The van der Waals surface area contributed by atoms with Crippen LogP contribution in [0.25, 0.3) is 0 Å². The normalized spacial score (nSPS) is 24.2. The molecule has 1 aromatic heterocycles. The molecule has 60 valence electrons. The molecule has 0 amide bonds. The number of nitrogens with zero attached hydrogens (tertiary/aromatic N) is 1. The van der Waals surface area contributed by atoms with Gasteiger partial charge in [-0.3, -0.25) is 0 Å². The topological polar surface area (TPSA) is 38.1 Å². The highest BCUT2D eigenvalue weighted by atomic mass is 16.5. The van der Waals surface area contributed by atoms with Gasteiger partial charge in [0.25, 0.3) is 0 Å². The maximum Gasteiger partial charge on any atom is 0.124 e. The lowest BCUT2D eigenvalue weighted by Crippen LogP contribution is -2.23. The van der Waals surface area contributed by atoms with Crippen LogP contribution in [0, 0.1) is 0 Å². The zero-order valence-electron chi connectivity index (χ0n) is 6.42. The molecule has 1 atom stereocenters. The van der Waals surface area contributed by atoms with E-state index in [1.54, 1.807) is 6.26 Å². The molecule has 2 heterocycles. The summed E-state index contributed by atoms with van der Waals surface area (Å²) < 4.78 is 4.75. The third kappa shape index (κ3) is 1.60. The van der Waals surface area contributed by atoms with Gasteiger partial charge >= 0.3 is 0 Å². The van der Waals surface area contributed by atoms with E-state index >= 15 is 0 Å². The first-order valence-corrected chi connectivity index (χ1v) is 4.08. The third-order valence-electron chi connectivity index (χ3n) is 2.11. The summed E-state index contributed by atoms with van der Waals surface area (Å²) in [5.74, 6) is 0. The Hall–Kier alpha value is -0.830. The van der Waals surface area contributed by atoms with Gasteiger partial charge in [0.2, 0.25) is 0 Å². The largest absolute Gasteiger partial charge is 0.365 e. The van der Waals surface area contributed by atoms with Crippen molar-refractivity contribution >= 4 is 0 Å². The van der Waals surface area contributed by atoms with Gasteiger partial charge in [-0.1, -0.05) is 5.16 Å². The monoisotopic (exact) mass is 152 g/mol. The lowest BCUT2D eigenvalue weighted by atomic mass is 10.1. The maximum atomic E-state index is 4.75. The first-order valence-electron chi connectivity index (χ1n) is 4.08. The zero-order chi connectivity index (χ0) is 7.52. The Morgan fingerprint density at radius 1 is 1.73 bits per heavy atom. The van der Waals surface area contributed by atoms with E-state index in [0.29, 0.717) is 6.04 Å². The molecule has 1 aromatic rings. The minimum absolute atomic E-state index is 0.625. The molecule has 0 aromatic carbocycles. The minimum Gasteiger partial charge on any atom is -0.365 e. The van der Waals surface area contributed by atoms with Crippen molar-refractivity contribution in [3.8, 4) is 0 Å². The van der Waals surface area contributed by atoms with Gasteiger partial charge in [-0.15, -0.1) is 0 Å². The van der Waals surface area contributed by atoms with Gasteiger partial charge in [-0.2, -0.15) is 0 Å². The summed E-state index contributed by atoms with van der Waals surface area (Å²) in [5.41, 5.74) is 1.06. The Kier molecular flexibility index (Phi) is 1.90. The van der Waals surface area contributed by atoms with Crippen molar-refractivity contribution in [3.05, 3.63) is 18.0 Å². The van der Waals surface area contributed by atoms with Gasteiger partial charge in [-0.25, -0.2) is 0 Å². The van der Waals surface area contributed by atoms with E-state index in [9.17, 15) is 0 Å². The number of nitrogens with one attached hydrogen (secondary N) is 1. The first kappa shape index (κ1) is 6.85. The molecular formula is C8H12N2O. The van der Waals surface area contributed by atoms with Gasteiger partial charge in [0.05, 0.1) is 5.69 Å². The highest BCUT2D eigenvalue weighted by Gasteiger charge is 2.15. The average molecular weight is 152 g/mol. The van der Waals surface area contributed by atoms with E-state index in [0.717, 1.165) is 18.7 Å². The smallest absolute Gasteiger partial charge is 0.124 e. The summed E-state index contributed by atoms with van der Waals surface area (Å²) in [5, 5.41) is 7.28. The SMILES string of the molecule is c1cc(C[C@@H]2CCCN2)no1. The van der Waals surface area contributed by atoms with Gasteiger partial charge in [0.15, 0.2) is 0 Å². The second-order valence-electron chi connectivity index (χ2n) is 2.99. The molecule has 0 saturated carbocycles. The van der Waals surface area contributed by atoms with Crippen LogP contribution in [0.5, 0.6) is 0 Å². The number of aromatic nitrogens is 1. The lowest BCUT2D eigenvalue weighted by molar-refractivity contribution is 0.407. The van der Waals surface area contributed by atoms with Crippen LogP contribution in [-0.4, -0.2) is 17.7 Å². The van der Waals surface area contributed by atoms with Crippen LogP contribution < -0.4 is 5.32 Å². The Labute approximate surface area is 65.8 Å². The maximum absolute atomic E-state index is 4.75. The molecule has 0 unspecified atom stereocenters. The summed E-state index contributed by atoms with van der Waals surface area (Å²) in [7, 11) is 0. The Morgan fingerprint density at radius 2 is 2.73 bits per heavy atom. The Balaban J connectivity index is 1.90. The van der Waals surface area contributed by atoms with Crippen LogP contribution in [0.15, 0.2) is 16.9 Å². The summed E-state index contributed by atoms with van der Waals surface area (Å²) in [4.78, 5) is 0. The highest BCUT2D eigenvalue weighted by molar-refractivity contribution is 4.99. The van der Waals surface area contributed by atoms with E-state index in [-0.39, 0.29) is 0 Å². The van der Waals surface area contributed by atoms with Crippen molar-refractivity contribution in [3.63, 3.8) is 0 Å². The van der Waals surface area contributed by atoms with E-state index in [4.69, 9.17) is 4.52 Å². The van der Waals surface area contributed by atoms with Crippen LogP contribution in [0.1, 0.15) is 18.5 Å². The summed E-state index contributed by atoms with van der Waals surface area (Å²) >= 11 is 0. The van der Waals surface area contributed by atoms with Gasteiger partial charge in [-0.05, 0) is 19.4 Å². The molecule has 3 heteroatoms. The summed E-state index contributed by atoms with van der Waals surface area (Å²) in [6.45, 7) is 1.16. The standard InChI is InChI=1S/C8H12N2O/c1-2-7(9-4-1)6-8-3-5-11-10-8/h3,5,7,9H,1-2,4,6H2/t7-/m0/s1. The summed E-state index contributed by atoms with van der Waals surface area (Å²) in [6.07, 6.45) is 5.20. The van der Waals surface area contributed by atoms with Crippen molar-refractivity contribution in [2.45, 2.75) is 25.3 Å². The van der Waals surface area contributed by atoms with Gasteiger partial charge in [0.1, 0.15) is 6.26 Å².